The Balaban J connectivity index is 2.29. The van der Waals surface area contributed by atoms with E-state index in [-0.39, 0.29) is 6.10 Å². The van der Waals surface area contributed by atoms with Crippen LogP contribution in [-0.4, -0.2) is 60.8 Å². The molecule has 1 fully saturated rings. The first-order valence-electron chi connectivity index (χ1n) is 5.16. The lowest BCUT2D eigenvalue weighted by Gasteiger charge is -2.36. The van der Waals surface area contributed by atoms with E-state index in [4.69, 9.17) is 0 Å². The maximum absolute atomic E-state index is 9.51. The molecule has 0 aromatic heterocycles. The summed E-state index contributed by atoms with van der Waals surface area (Å²) in [6.45, 7) is 5.26. The first kappa shape index (κ1) is 11.0. The van der Waals surface area contributed by atoms with Gasteiger partial charge in [-0.25, -0.2) is 0 Å². The van der Waals surface area contributed by atoms with Gasteiger partial charge in [0.1, 0.15) is 0 Å². The van der Waals surface area contributed by atoms with E-state index < -0.39 is 0 Å². The minimum atomic E-state index is -0.0987. The Bertz CT molecular complexity index is 150. The number of hydrogen-bond donors (Lipinski definition) is 1. The summed E-state index contributed by atoms with van der Waals surface area (Å²) in [5.41, 5.74) is 0. The minimum absolute atomic E-state index is 0.0987. The molecule has 0 aromatic rings. The number of nitrogens with zero attached hydrogens (tertiary/aromatic N) is 2. The predicted molar refractivity (Wildman–Crippen MR) is 54.8 cm³/mol. The molecule has 3 nitrogen and oxygen atoms in total. The molecule has 1 saturated heterocycles. The molecule has 13 heavy (non-hydrogen) atoms. The van der Waals surface area contributed by atoms with Crippen LogP contribution in [0.5, 0.6) is 0 Å². The molecule has 0 amide bonds. The molecule has 0 unspecified atom stereocenters. The van der Waals surface area contributed by atoms with Crippen LogP contribution in [0.1, 0.15) is 19.8 Å². The van der Waals surface area contributed by atoms with E-state index in [2.05, 4.69) is 30.8 Å². The summed E-state index contributed by atoms with van der Waals surface area (Å²) >= 11 is 0. The molecule has 78 valence electrons. The topological polar surface area (TPSA) is 26.7 Å². The lowest BCUT2D eigenvalue weighted by atomic mass is 10.0. The quantitative estimate of drug-likeness (QED) is 0.691. The third-order valence-electron chi connectivity index (χ3n) is 2.82. The second kappa shape index (κ2) is 4.94. The molecule has 1 heterocycles. The number of aliphatic hydroxyl groups is 1. The zero-order chi connectivity index (χ0) is 9.84. The van der Waals surface area contributed by atoms with Crippen LogP contribution in [0.4, 0.5) is 0 Å². The van der Waals surface area contributed by atoms with Gasteiger partial charge in [-0.1, -0.05) is 0 Å². The Morgan fingerprint density at radius 2 is 2.08 bits per heavy atom. The molecule has 0 saturated carbocycles. The van der Waals surface area contributed by atoms with E-state index in [0.717, 1.165) is 32.5 Å². The highest BCUT2D eigenvalue weighted by Gasteiger charge is 2.23. The largest absolute Gasteiger partial charge is 0.392 e. The van der Waals surface area contributed by atoms with Crippen molar-refractivity contribution in [2.75, 3.05) is 33.7 Å². The maximum atomic E-state index is 9.51. The van der Waals surface area contributed by atoms with Crippen LogP contribution < -0.4 is 0 Å². The van der Waals surface area contributed by atoms with Crippen molar-refractivity contribution in [3.63, 3.8) is 0 Å². The van der Waals surface area contributed by atoms with Gasteiger partial charge in [0.25, 0.3) is 0 Å². The van der Waals surface area contributed by atoms with Crippen LogP contribution in [0.3, 0.4) is 0 Å². The SMILES string of the molecule is C[C@@H]1CC[C@@H](O)CN1CCN(C)C. The fraction of sp³-hybridized carbons (Fsp3) is 1.00. The van der Waals surface area contributed by atoms with Crippen molar-refractivity contribution < 1.29 is 5.11 Å². The van der Waals surface area contributed by atoms with E-state index in [0.29, 0.717) is 6.04 Å². The molecule has 0 spiro atoms. The summed E-state index contributed by atoms with van der Waals surface area (Å²) in [5, 5.41) is 9.51. The number of likely N-dealkylation sites (tertiary alicyclic amines) is 1. The molecule has 3 heteroatoms. The van der Waals surface area contributed by atoms with Crippen molar-refractivity contribution >= 4 is 0 Å². The van der Waals surface area contributed by atoms with Crippen molar-refractivity contribution in [1.82, 2.24) is 9.80 Å². The molecule has 1 aliphatic rings. The zero-order valence-corrected chi connectivity index (χ0v) is 9.03. The van der Waals surface area contributed by atoms with Crippen molar-refractivity contribution in [1.29, 1.82) is 0 Å². The van der Waals surface area contributed by atoms with Gasteiger partial charge < -0.3 is 10.0 Å². The summed E-state index contributed by atoms with van der Waals surface area (Å²) in [6.07, 6.45) is 2.01. The number of likely N-dealkylation sites (N-methyl/N-ethyl adjacent to an activating group) is 1. The summed E-state index contributed by atoms with van der Waals surface area (Å²) in [5.74, 6) is 0. The Labute approximate surface area is 81.3 Å². The summed E-state index contributed by atoms with van der Waals surface area (Å²) < 4.78 is 0. The van der Waals surface area contributed by atoms with Gasteiger partial charge in [0.2, 0.25) is 0 Å². The van der Waals surface area contributed by atoms with Gasteiger partial charge in [-0.15, -0.1) is 0 Å². The van der Waals surface area contributed by atoms with Crippen molar-refractivity contribution in [2.24, 2.45) is 0 Å². The van der Waals surface area contributed by atoms with E-state index in [9.17, 15) is 5.11 Å². The fourth-order valence-corrected chi connectivity index (χ4v) is 1.80. The Hall–Kier alpha value is -0.120. The molecule has 2 atom stereocenters. The third-order valence-corrected chi connectivity index (χ3v) is 2.82. The van der Waals surface area contributed by atoms with E-state index in [1.165, 1.54) is 0 Å². The van der Waals surface area contributed by atoms with Gasteiger partial charge >= 0.3 is 0 Å². The van der Waals surface area contributed by atoms with Crippen molar-refractivity contribution in [3.05, 3.63) is 0 Å². The number of rotatable bonds is 3. The van der Waals surface area contributed by atoms with E-state index in [1.54, 1.807) is 0 Å². The van der Waals surface area contributed by atoms with Crippen LogP contribution in [0.15, 0.2) is 0 Å². The lowest BCUT2D eigenvalue weighted by molar-refractivity contribution is 0.0379. The van der Waals surface area contributed by atoms with Gasteiger partial charge in [-0.05, 0) is 33.9 Å². The molecule has 1 aliphatic heterocycles. The molecule has 0 radical (unpaired) electrons. The monoisotopic (exact) mass is 186 g/mol. The Kier molecular flexibility index (Phi) is 4.16. The third kappa shape index (κ3) is 3.63. The number of aliphatic hydroxyl groups excluding tert-OH is 1. The summed E-state index contributed by atoms with van der Waals surface area (Å²) in [6, 6.07) is 0.642. The lowest BCUT2D eigenvalue weighted by Crippen LogP contribution is -2.46. The minimum Gasteiger partial charge on any atom is -0.392 e. The van der Waals surface area contributed by atoms with Crippen LogP contribution in [0.25, 0.3) is 0 Å². The van der Waals surface area contributed by atoms with Gasteiger partial charge in [0.15, 0.2) is 0 Å². The van der Waals surface area contributed by atoms with Gasteiger partial charge in [-0.3, -0.25) is 4.90 Å². The first-order chi connectivity index (χ1) is 6.09. The van der Waals surface area contributed by atoms with E-state index >= 15 is 0 Å². The highest BCUT2D eigenvalue weighted by Crippen LogP contribution is 2.16. The zero-order valence-electron chi connectivity index (χ0n) is 9.03. The molecule has 1 N–H and O–H groups in total. The standard InChI is InChI=1S/C10H22N2O/c1-9-4-5-10(13)8-12(9)7-6-11(2)3/h9-10,13H,4-8H2,1-3H3/t9-,10-/m1/s1. The molecule has 0 aliphatic carbocycles. The second-order valence-corrected chi connectivity index (χ2v) is 4.38. The van der Waals surface area contributed by atoms with Crippen LogP contribution in [-0.2, 0) is 0 Å². The van der Waals surface area contributed by atoms with Crippen molar-refractivity contribution in [3.8, 4) is 0 Å². The number of β-amino-alcohol motifs (C(OH)–C–C–N with tert-alkyl or cyclic N) is 1. The van der Waals surface area contributed by atoms with Gasteiger partial charge in [-0.2, -0.15) is 0 Å². The molecule has 0 aromatic carbocycles. The average molecular weight is 186 g/mol. The van der Waals surface area contributed by atoms with Crippen LogP contribution in [0, 0.1) is 0 Å². The summed E-state index contributed by atoms with van der Waals surface area (Å²) in [4.78, 5) is 4.57. The fourth-order valence-electron chi connectivity index (χ4n) is 1.80. The normalized spacial score (nSPS) is 31.2. The highest BCUT2D eigenvalue weighted by molar-refractivity contribution is 4.78. The maximum Gasteiger partial charge on any atom is 0.0667 e. The van der Waals surface area contributed by atoms with Gasteiger partial charge in [0.05, 0.1) is 6.10 Å². The predicted octanol–water partition coefficient (Wildman–Crippen LogP) is 0.393. The first-order valence-corrected chi connectivity index (χ1v) is 5.16. The van der Waals surface area contributed by atoms with Gasteiger partial charge in [0, 0.05) is 25.7 Å². The smallest absolute Gasteiger partial charge is 0.0667 e. The van der Waals surface area contributed by atoms with Crippen molar-refractivity contribution in [2.45, 2.75) is 31.9 Å². The van der Waals surface area contributed by atoms with Crippen LogP contribution >= 0.6 is 0 Å². The summed E-state index contributed by atoms with van der Waals surface area (Å²) in [7, 11) is 4.18. The molecular weight excluding hydrogens is 164 g/mol. The Morgan fingerprint density at radius 1 is 1.38 bits per heavy atom. The second-order valence-electron chi connectivity index (χ2n) is 4.38. The average Bonchev–Trinajstić information content (AvgIpc) is 2.06. The number of piperidine rings is 1. The molecule has 0 bridgehead atoms. The molecule has 1 rings (SSSR count). The Morgan fingerprint density at radius 3 is 2.69 bits per heavy atom. The highest BCUT2D eigenvalue weighted by atomic mass is 16.3. The molecular formula is C10H22N2O. The number of hydrogen-bond acceptors (Lipinski definition) is 3. The van der Waals surface area contributed by atoms with Crippen LogP contribution in [0.2, 0.25) is 0 Å². The van der Waals surface area contributed by atoms with E-state index in [1.807, 2.05) is 0 Å².